The second-order valence-electron chi connectivity index (χ2n) is 5.48. The summed E-state index contributed by atoms with van der Waals surface area (Å²) in [4.78, 5) is 27.9. The van der Waals surface area contributed by atoms with Crippen molar-refractivity contribution in [3.63, 3.8) is 0 Å². The van der Waals surface area contributed by atoms with Gasteiger partial charge in [0.2, 0.25) is 0 Å². The van der Waals surface area contributed by atoms with E-state index in [-0.39, 0.29) is 11.6 Å². The fourth-order valence-electron chi connectivity index (χ4n) is 2.55. The van der Waals surface area contributed by atoms with E-state index in [4.69, 9.17) is 0 Å². The predicted octanol–water partition coefficient (Wildman–Crippen LogP) is 4.98. The van der Waals surface area contributed by atoms with Crippen LogP contribution in [0, 0.1) is 17.0 Å². The van der Waals surface area contributed by atoms with Gasteiger partial charge < -0.3 is 0 Å². The van der Waals surface area contributed by atoms with E-state index in [1.54, 1.807) is 12.1 Å². The van der Waals surface area contributed by atoms with E-state index in [0.717, 1.165) is 20.5 Å². The number of nitrogens with one attached hydrogen (secondary N) is 1. The molecular formula is C17H11N3O3S2. The van der Waals surface area contributed by atoms with Gasteiger partial charge in [-0.1, -0.05) is 23.5 Å². The first-order chi connectivity index (χ1) is 12.0. The number of hydrogen-bond donors (Lipinski definition) is 1. The van der Waals surface area contributed by atoms with Crippen molar-refractivity contribution in [2.45, 2.75) is 6.92 Å². The minimum Gasteiger partial charge on any atom is -0.297 e. The monoisotopic (exact) mass is 369 g/mol. The molecule has 2 aromatic heterocycles. The molecule has 4 aromatic rings. The number of fused-ring (bicyclic) bond motifs is 2. The molecule has 2 aromatic carbocycles. The Balaban J connectivity index is 1.64. The minimum absolute atomic E-state index is 0.0129. The predicted molar refractivity (Wildman–Crippen MR) is 101 cm³/mol. The number of nitro groups is 1. The van der Waals surface area contributed by atoms with Crippen LogP contribution < -0.4 is 5.32 Å². The van der Waals surface area contributed by atoms with Gasteiger partial charge in [0.1, 0.15) is 0 Å². The first kappa shape index (κ1) is 15.7. The molecule has 0 radical (unpaired) electrons. The van der Waals surface area contributed by atoms with Gasteiger partial charge in [-0.3, -0.25) is 20.2 Å². The van der Waals surface area contributed by atoms with E-state index in [2.05, 4.69) is 10.3 Å². The third-order valence-corrected chi connectivity index (χ3v) is 5.83. The molecule has 124 valence electrons. The summed E-state index contributed by atoms with van der Waals surface area (Å²) in [6, 6.07) is 12.2. The molecule has 1 N–H and O–H groups in total. The largest absolute Gasteiger partial charge is 0.297 e. The number of hydrogen-bond acceptors (Lipinski definition) is 6. The number of anilines is 1. The van der Waals surface area contributed by atoms with Crippen molar-refractivity contribution in [1.82, 2.24) is 4.98 Å². The molecule has 0 aliphatic carbocycles. The smallest absolute Gasteiger partial charge is 0.270 e. The molecule has 2 heterocycles. The van der Waals surface area contributed by atoms with Crippen LogP contribution in [0.2, 0.25) is 0 Å². The standard InChI is InChI=1S/C17H11N3O3S2/c1-9-3-2-4-13-15(9)18-17(25-13)19-16(21)14-8-10-7-11(20(22)23)5-6-12(10)24-14/h2-8H,1H3,(H,18,19,21). The number of thiophene rings is 1. The lowest BCUT2D eigenvalue weighted by molar-refractivity contribution is -0.384. The van der Waals surface area contributed by atoms with E-state index in [9.17, 15) is 14.9 Å². The first-order valence-electron chi connectivity index (χ1n) is 7.37. The molecule has 1 amide bonds. The zero-order valence-corrected chi connectivity index (χ0v) is 14.6. The molecule has 0 aliphatic heterocycles. The van der Waals surface area contributed by atoms with E-state index in [1.165, 1.54) is 34.8 Å². The molecule has 8 heteroatoms. The number of non-ortho nitro benzene ring substituents is 1. The van der Waals surface area contributed by atoms with Crippen LogP contribution in [0.25, 0.3) is 20.3 Å². The average molecular weight is 369 g/mol. The summed E-state index contributed by atoms with van der Waals surface area (Å²) in [6.07, 6.45) is 0. The number of aromatic nitrogens is 1. The van der Waals surface area contributed by atoms with Crippen molar-refractivity contribution < 1.29 is 9.72 Å². The van der Waals surface area contributed by atoms with Crippen molar-refractivity contribution in [1.29, 1.82) is 0 Å². The average Bonchev–Trinajstić information content (AvgIpc) is 3.18. The maximum Gasteiger partial charge on any atom is 0.270 e. The second-order valence-corrected chi connectivity index (χ2v) is 7.60. The van der Waals surface area contributed by atoms with E-state index < -0.39 is 4.92 Å². The lowest BCUT2D eigenvalue weighted by Crippen LogP contribution is -2.09. The highest BCUT2D eigenvalue weighted by Gasteiger charge is 2.15. The third-order valence-electron chi connectivity index (χ3n) is 3.78. The number of aryl methyl sites for hydroxylation is 1. The highest BCUT2D eigenvalue weighted by molar-refractivity contribution is 7.23. The van der Waals surface area contributed by atoms with Crippen LogP contribution in [0.5, 0.6) is 0 Å². The summed E-state index contributed by atoms with van der Waals surface area (Å²) in [5.41, 5.74) is 1.96. The normalized spacial score (nSPS) is 11.1. The zero-order valence-electron chi connectivity index (χ0n) is 13.0. The van der Waals surface area contributed by atoms with Crippen LogP contribution in [0.1, 0.15) is 15.2 Å². The van der Waals surface area contributed by atoms with Gasteiger partial charge in [0.25, 0.3) is 11.6 Å². The summed E-state index contributed by atoms with van der Waals surface area (Å²) in [5.74, 6) is -0.263. The summed E-state index contributed by atoms with van der Waals surface area (Å²) in [5, 5.41) is 14.9. The number of carbonyl (C=O) groups excluding carboxylic acids is 1. The van der Waals surface area contributed by atoms with Crippen LogP contribution in [-0.2, 0) is 0 Å². The van der Waals surface area contributed by atoms with Crippen molar-refractivity contribution >= 4 is 59.7 Å². The highest BCUT2D eigenvalue weighted by Crippen LogP contribution is 2.31. The molecule has 0 unspecified atom stereocenters. The van der Waals surface area contributed by atoms with Crippen LogP contribution in [-0.4, -0.2) is 15.8 Å². The van der Waals surface area contributed by atoms with Gasteiger partial charge >= 0.3 is 0 Å². The van der Waals surface area contributed by atoms with Gasteiger partial charge in [-0.25, -0.2) is 4.98 Å². The Labute approximate surface area is 149 Å². The van der Waals surface area contributed by atoms with Crippen molar-refractivity contribution in [3.8, 4) is 0 Å². The number of benzene rings is 2. The number of nitrogens with zero attached hydrogens (tertiary/aromatic N) is 2. The van der Waals surface area contributed by atoms with Gasteiger partial charge in [0.05, 0.1) is 20.0 Å². The Kier molecular flexibility index (Phi) is 3.70. The van der Waals surface area contributed by atoms with Gasteiger partial charge in [0.15, 0.2) is 5.13 Å². The van der Waals surface area contributed by atoms with Crippen LogP contribution >= 0.6 is 22.7 Å². The lowest BCUT2D eigenvalue weighted by atomic mass is 10.2. The Hall–Kier alpha value is -2.84. The summed E-state index contributed by atoms with van der Waals surface area (Å²) >= 11 is 2.72. The molecule has 0 saturated heterocycles. The molecular weight excluding hydrogens is 358 g/mol. The Morgan fingerprint density at radius 1 is 1.16 bits per heavy atom. The van der Waals surface area contributed by atoms with Crippen molar-refractivity contribution in [3.05, 3.63) is 63.0 Å². The summed E-state index contributed by atoms with van der Waals surface area (Å²) < 4.78 is 1.85. The molecule has 0 spiro atoms. The first-order valence-corrected chi connectivity index (χ1v) is 9.00. The lowest BCUT2D eigenvalue weighted by Gasteiger charge is -1.97. The molecule has 6 nitrogen and oxygen atoms in total. The molecule has 4 rings (SSSR count). The van der Waals surface area contributed by atoms with E-state index in [0.29, 0.717) is 15.4 Å². The number of para-hydroxylation sites is 1. The minimum atomic E-state index is -0.444. The van der Waals surface area contributed by atoms with E-state index >= 15 is 0 Å². The summed E-state index contributed by atoms with van der Waals surface area (Å²) in [6.45, 7) is 1.98. The second kappa shape index (κ2) is 5.91. The number of carbonyl (C=O) groups is 1. The molecule has 0 aliphatic rings. The van der Waals surface area contributed by atoms with Crippen molar-refractivity contribution in [2.75, 3.05) is 5.32 Å². The van der Waals surface area contributed by atoms with Crippen LogP contribution in [0.15, 0.2) is 42.5 Å². The Morgan fingerprint density at radius 2 is 2.00 bits per heavy atom. The van der Waals surface area contributed by atoms with Gasteiger partial charge in [-0.2, -0.15) is 0 Å². The van der Waals surface area contributed by atoms with Crippen LogP contribution in [0.3, 0.4) is 0 Å². The molecule has 0 fully saturated rings. The summed E-state index contributed by atoms with van der Waals surface area (Å²) in [7, 11) is 0. The number of thiazole rings is 1. The molecule has 25 heavy (non-hydrogen) atoms. The maximum atomic E-state index is 12.5. The van der Waals surface area contributed by atoms with E-state index in [1.807, 2.05) is 25.1 Å². The maximum absolute atomic E-state index is 12.5. The fourth-order valence-corrected chi connectivity index (χ4v) is 4.43. The molecule has 0 atom stereocenters. The fraction of sp³-hybridized carbons (Fsp3) is 0.0588. The van der Waals surface area contributed by atoms with Gasteiger partial charge in [-0.05, 0) is 30.7 Å². The van der Waals surface area contributed by atoms with Gasteiger partial charge in [-0.15, -0.1) is 11.3 Å². The highest BCUT2D eigenvalue weighted by atomic mass is 32.1. The Morgan fingerprint density at radius 3 is 2.76 bits per heavy atom. The number of amides is 1. The molecule has 0 saturated carbocycles. The molecule has 0 bridgehead atoms. The third kappa shape index (κ3) is 2.86. The van der Waals surface area contributed by atoms with Crippen LogP contribution in [0.4, 0.5) is 10.8 Å². The van der Waals surface area contributed by atoms with Crippen molar-refractivity contribution in [2.24, 2.45) is 0 Å². The zero-order chi connectivity index (χ0) is 17.6. The number of nitro benzene ring substituents is 1. The SMILES string of the molecule is Cc1cccc2sc(NC(=O)c3cc4cc([N+](=O)[O-])ccc4s3)nc12. The van der Waals surface area contributed by atoms with Gasteiger partial charge in [0, 0.05) is 22.2 Å². The Bertz CT molecular complexity index is 1150. The quantitative estimate of drug-likeness (QED) is 0.408. The number of rotatable bonds is 3. The topological polar surface area (TPSA) is 85.1 Å².